The maximum atomic E-state index is 12.3. The number of hydrogen-bond donors (Lipinski definition) is 1. The van der Waals surface area contributed by atoms with Crippen molar-refractivity contribution >= 4 is 50.4 Å². The molecular formula is C21H22N4O6S2. The third kappa shape index (κ3) is 6.18. The van der Waals surface area contributed by atoms with E-state index in [1.807, 2.05) is 24.3 Å². The summed E-state index contributed by atoms with van der Waals surface area (Å²) >= 11 is 1.14. The SMILES string of the molecule is COc1ccc(S(=O)(=O)N(C)C)cc1NC(=O)COC(=O)CSc1cnc2ccccc2n1. The van der Waals surface area contributed by atoms with Crippen LogP contribution in [-0.4, -0.2) is 68.1 Å². The predicted molar refractivity (Wildman–Crippen MR) is 124 cm³/mol. The van der Waals surface area contributed by atoms with Gasteiger partial charge in [-0.05, 0) is 30.3 Å². The molecule has 12 heteroatoms. The standard InChI is InChI=1S/C21H22N4O6S2/c1-25(2)33(28,29)14-8-9-18(30-3)17(10-14)23-19(26)12-31-21(27)13-32-20-11-22-15-6-4-5-7-16(15)24-20/h4-11H,12-13H2,1-3H3,(H,23,26). The summed E-state index contributed by atoms with van der Waals surface area (Å²) in [4.78, 5) is 33.0. The van der Waals surface area contributed by atoms with Gasteiger partial charge in [0.05, 0.1) is 40.7 Å². The topological polar surface area (TPSA) is 128 Å². The highest BCUT2D eigenvalue weighted by Crippen LogP contribution is 2.28. The fourth-order valence-electron chi connectivity index (χ4n) is 2.67. The molecule has 1 heterocycles. The number of thioether (sulfide) groups is 1. The van der Waals surface area contributed by atoms with Crippen molar-refractivity contribution in [3.05, 3.63) is 48.7 Å². The maximum absolute atomic E-state index is 12.3. The lowest BCUT2D eigenvalue weighted by Gasteiger charge is -2.15. The number of sulfonamides is 1. The van der Waals surface area contributed by atoms with E-state index in [-0.39, 0.29) is 22.1 Å². The maximum Gasteiger partial charge on any atom is 0.316 e. The Balaban J connectivity index is 1.56. The fourth-order valence-corrected chi connectivity index (χ4v) is 4.24. The number of fused-ring (bicyclic) bond motifs is 1. The lowest BCUT2D eigenvalue weighted by Crippen LogP contribution is -2.24. The van der Waals surface area contributed by atoms with Gasteiger partial charge in [0.1, 0.15) is 10.8 Å². The zero-order chi connectivity index (χ0) is 24.0. The van der Waals surface area contributed by atoms with Crippen LogP contribution in [-0.2, 0) is 24.3 Å². The Morgan fingerprint density at radius 1 is 1.12 bits per heavy atom. The average Bonchev–Trinajstić information content (AvgIpc) is 2.81. The van der Waals surface area contributed by atoms with Gasteiger partial charge < -0.3 is 14.8 Å². The van der Waals surface area contributed by atoms with Crippen LogP contribution in [0.5, 0.6) is 5.75 Å². The molecule has 1 N–H and O–H groups in total. The number of para-hydroxylation sites is 2. The minimum atomic E-state index is -3.71. The number of rotatable bonds is 9. The third-order valence-electron chi connectivity index (χ3n) is 4.35. The Morgan fingerprint density at radius 3 is 2.55 bits per heavy atom. The van der Waals surface area contributed by atoms with Crippen LogP contribution in [0.4, 0.5) is 5.69 Å². The van der Waals surface area contributed by atoms with Gasteiger partial charge in [0, 0.05) is 14.1 Å². The Kier molecular flexibility index (Phi) is 7.84. The molecule has 174 valence electrons. The van der Waals surface area contributed by atoms with Crippen molar-refractivity contribution in [2.24, 2.45) is 0 Å². The van der Waals surface area contributed by atoms with Gasteiger partial charge in [0.15, 0.2) is 6.61 Å². The summed E-state index contributed by atoms with van der Waals surface area (Å²) in [5, 5.41) is 3.06. The number of nitrogens with one attached hydrogen (secondary N) is 1. The Bertz CT molecular complexity index is 1280. The molecule has 2 aromatic carbocycles. The van der Waals surface area contributed by atoms with E-state index in [1.54, 1.807) is 6.20 Å². The molecule has 1 amide bonds. The second-order valence-electron chi connectivity index (χ2n) is 6.84. The van der Waals surface area contributed by atoms with Crippen molar-refractivity contribution in [1.82, 2.24) is 14.3 Å². The van der Waals surface area contributed by atoms with Gasteiger partial charge in [-0.3, -0.25) is 14.6 Å². The summed E-state index contributed by atoms with van der Waals surface area (Å²) in [7, 11) is 0.484. The van der Waals surface area contributed by atoms with Crippen LogP contribution in [0.2, 0.25) is 0 Å². The quantitative estimate of drug-likeness (QED) is 0.354. The van der Waals surface area contributed by atoms with Crippen molar-refractivity contribution in [3.8, 4) is 5.75 Å². The van der Waals surface area contributed by atoms with Crippen LogP contribution < -0.4 is 10.1 Å². The Morgan fingerprint density at radius 2 is 1.85 bits per heavy atom. The molecule has 0 saturated heterocycles. The third-order valence-corrected chi connectivity index (χ3v) is 7.04. The van der Waals surface area contributed by atoms with E-state index in [0.29, 0.717) is 10.5 Å². The van der Waals surface area contributed by atoms with Crippen LogP contribution in [0.3, 0.4) is 0 Å². The smallest absolute Gasteiger partial charge is 0.316 e. The van der Waals surface area contributed by atoms with Crippen molar-refractivity contribution in [2.45, 2.75) is 9.92 Å². The summed E-state index contributed by atoms with van der Waals surface area (Å²) in [5.74, 6) is -1.05. The first-order valence-corrected chi connectivity index (χ1v) is 12.0. The highest BCUT2D eigenvalue weighted by molar-refractivity contribution is 7.99. The molecule has 1 aromatic heterocycles. The van der Waals surface area contributed by atoms with E-state index in [0.717, 1.165) is 21.6 Å². The molecule has 0 unspecified atom stereocenters. The molecule has 3 aromatic rings. The monoisotopic (exact) mass is 490 g/mol. The lowest BCUT2D eigenvalue weighted by molar-refractivity contribution is -0.144. The summed E-state index contributed by atoms with van der Waals surface area (Å²) in [6, 6.07) is 11.4. The molecule has 0 radical (unpaired) electrons. The molecule has 33 heavy (non-hydrogen) atoms. The van der Waals surface area contributed by atoms with Gasteiger partial charge in [0.2, 0.25) is 10.0 Å². The van der Waals surface area contributed by atoms with Gasteiger partial charge in [-0.15, -0.1) is 0 Å². The van der Waals surface area contributed by atoms with Crippen LogP contribution in [0.15, 0.2) is 58.6 Å². The normalized spacial score (nSPS) is 11.4. The van der Waals surface area contributed by atoms with Gasteiger partial charge >= 0.3 is 5.97 Å². The van der Waals surface area contributed by atoms with E-state index in [1.165, 1.54) is 39.4 Å². The van der Waals surface area contributed by atoms with E-state index in [4.69, 9.17) is 9.47 Å². The largest absolute Gasteiger partial charge is 0.495 e. The number of ether oxygens (including phenoxy) is 2. The molecule has 10 nitrogen and oxygen atoms in total. The van der Waals surface area contributed by atoms with Crippen molar-refractivity contribution < 1.29 is 27.5 Å². The van der Waals surface area contributed by atoms with E-state index < -0.39 is 28.5 Å². The number of benzene rings is 2. The molecule has 0 saturated carbocycles. The van der Waals surface area contributed by atoms with Crippen LogP contribution in [0, 0.1) is 0 Å². The van der Waals surface area contributed by atoms with Gasteiger partial charge in [-0.25, -0.2) is 17.7 Å². The summed E-state index contributed by atoms with van der Waals surface area (Å²) in [5.41, 5.74) is 1.60. The number of carbonyl (C=O) groups is 2. The van der Waals surface area contributed by atoms with E-state index >= 15 is 0 Å². The number of carbonyl (C=O) groups excluding carboxylic acids is 2. The summed E-state index contributed by atoms with van der Waals surface area (Å²) in [6.45, 7) is -0.545. The molecule has 0 fully saturated rings. The van der Waals surface area contributed by atoms with Crippen LogP contribution in [0.1, 0.15) is 0 Å². The number of aromatic nitrogens is 2. The fraction of sp³-hybridized carbons (Fsp3) is 0.238. The van der Waals surface area contributed by atoms with Crippen molar-refractivity contribution in [2.75, 3.05) is 38.9 Å². The summed E-state index contributed by atoms with van der Waals surface area (Å²) < 4.78 is 35.9. The number of amides is 1. The minimum absolute atomic E-state index is 0.0199. The highest BCUT2D eigenvalue weighted by atomic mass is 32.2. The van der Waals surface area contributed by atoms with Crippen LogP contribution >= 0.6 is 11.8 Å². The number of esters is 1. The first-order valence-electron chi connectivity index (χ1n) is 9.61. The van der Waals surface area contributed by atoms with E-state index in [9.17, 15) is 18.0 Å². The van der Waals surface area contributed by atoms with Gasteiger partial charge in [-0.2, -0.15) is 0 Å². The highest BCUT2D eigenvalue weighted by Gasteiger charge is 2.20. The Labute approximate surface area is 195 Å². The molecule has 0 aliphatic carbocycles. The number of hydrogen-bond acceptors (Lipinski definition) is 9. The number of nitrogens with zero attached hydrogens (tertiary/aromatic N) is 3. The zero-order valence-electron chi connectivity index (χ0n) is 18.1. The molecular weight excluding hydrogens is 468 g/mol. The molecule has 0 aliphatic heterocycles. The van der Waals surface area contributed by atoms with Crippen molar-refractivity contribution in [1.29, 1.82) is 0 Å². The molecule has 0 aliphatic rings. The average molecular weight is 491 g/mol. The molecule has 0 spiro atoms. The predicted octanol–water partition coefficient (Wildman–Crippen LogP) is 2.16. The van der Waals surface area contributed by atoms with E-state index in [2.05, 4.69) is 15.3 Å². The first-order chi connectivity index (χ1) is 15.7. The number of methoxy groups -OCH3 is 1. The minimum Gasteiger partial charge on any atom is -0.495 e. The second kappa shape index (κ2) is 10.6. The molecule has 3 rings (SSSR count). The van der Waals surface area contributed by atoms with Crippen LogP contribution in [0.25, 0.3) is 11.0 Å². The molecule has 0 atom stereocenters. The van der Waals surface area contributed by atoms with Crippen molar-refractivity contribution in [3.63, 3.8) is 0 Å². The second-order valence-corrected chi connectivity index (χ2v) is 9.99. The Hall–Kier alpha value is -3.22. The molecule has 0 bridgehead atoms. The van der Waals surface area contributed by atoms with Gasteiger partial charge in [-0.1, -0.05) is 23.9 Å². The van der Waals surface area contributed by atoms with Gasteiger partial charge in [0.25, 0.3) is 5.91 Å². The number of anilines is 1. The zero-order valence-corrected chi connectivity index (χ0v) is 19.8. The summed E-state index contributed by atoms with van der Waals surface area (Å²) in [6.07, 6.45) is 1.56. The lowest BCUT2D eigenvalue weighted by atomic mass is 10.3. The first kappa shape index (κ1) is 24.4.